The van der Waals surface area contributed by atoms with Crippen molar-refractivity contribution in [2.24, 2.45) is 0 Å². The van der Waals surface area contributed by atoms with Gasteiger partial charge < -0.3 is 9.80 Å². The smallest absolute Gasteiger partial charge is 0.236 e. The van der Waals surface area contributed by atoms with Gasteiger partial charge in [-0.2, -0.15) is 0 Å². The van der Waals surface area contributed by atoms with Gasteiger partial charge >= 0.3 is 0 Å². The first kappa shape index (κ1) is 21.1. The molecule has 0 bridgehead atoms. The van der Waals surface area contributed by atoms with Crippen LogP contribution in [0, 0.1) is 5.82 Å². The number of carbonyl (C=O) groups is 1. The Morgan fingerprint density at radius 2 is 1.57 bits per heavy atom. The molecule has 160 valence electrons. The van der Waals surface area contributed by atoms with E-state index in [0.29, 0.717) is 26.2 Å². The standard InChI is InChI=1S/C23H28ClFN4O/c24-20-5-3-6-21(16-20)28-12-8-27(9-13-28)18-23(30)29-14-10-26(11-15-29)17-19-4-1-2-7-22(19)25/h1-7,16H,8-15,17-18H2. The lowest BCUT2D eigenvalue weighted by Crippen LogP contribution is -2.53. The van der Waals surface area contributed by atoms with E-state index in [-0.39, 0.29) is 11.7 Å². The SMILES string of the molecule is O=C(CN1CCN(c2cccc(Cl)c2)CC1)N1CCN(Cc2ccccc2F)CC1. The van der Waals surface area contributed by atoms with Crippen LogP contribution in [0.25, 0.3) is 0 Å². The Morgan fingerprint density at radius 1 is 0.867 bits per heavy atom. The fourth-order valence-electron chi connectivity index (χ4n) is 4.15. The summed E-state index contributed by atoms with van der Waals surface area (Å²) in [6.07, 6.45) is 0. The molecule has 0 spiro atoms. The van der Waals surface area contributed by atoms with Crippen LogP contribution in [0.4, 0.5) is 10.1 Å². The molecule has 4 rings (SSSR count). The van der Waals surface area contributed by atoms with Crippen LogP contribution in [-0.4, -0.2) is 79.5 Å². The number of carbonyl (C=O) groups excluding carboxylic acids is 1. The van der Waals surface area contributed by atoms with Crippen molar-refractivity contribution in [2.45, 2.75) is 6.54 Å². The van der Waals surface area contributed by atoms with Gasteiger partial charge in [0.25, 0.3) is 0 Å². The van der Waals surface area contributed by atoms with E-state index in [1.165, 1.54) is 6.07 Å². The maximum atomic E-state index is 13.9. The van der Waals surface area contributed by atoms with Gasteiger partial charge in [-0.15, -0.1) is 0 Å². The Morgan fingerprint density at radius 3 is 2.27 bits per heavy atom. The minimum Gasteiger partial charge on any atom is -0.369 e. The summed E-state index contributed by atoms with van der Waals surface area (Å²) in [5.74, 6) is 0.0321. The van der Waals surface area contributed by atoms with E-state index in [4.69, 9.17) is 11.6 Å². The van der Waals surface area contributed by atoms with Crippen molar-refractivity contribution in [1.29, 1.82) is 0 Å². The third kappa shape index (κ3) is 5.31. The first-order chi connectivity index (χ1) is 14.6. The van der Waals surface area contributed by atoms with E-state index in [2.05, 4.69) is 20.8 Å². The van der Waals surface area contributed by atoms with Crippen LogP contribution < -0.4 is 4.90 Å². The van der Waals surface area contributed by atoms with E-state index in [1.807, 2.05) is 35.2 Å². The summed E-state index contributed by atoms with van der Waals surface area (Å²) >= 11 is 6.10. The van der Waals surface area contributed by atoms with Gasteiger partial charge in [-0.05, 0) is 24.3 Å². The molecule has 2 saturated heterocycles. The Bertz CT molecular complexity index is 864. The van der Waals surface area contributed by atoms with Crippen molar-refractivity contribution >= 4 is 23.2 Å². The zero-order valence-electron chi connectivity index (χ0n) is 17.1. The zero-order chi connectivity index (χ0) is 20.9. The molecular weight excluding hydrogens is 403 g/mol. The predicted octanol–water partition coefficient (Wildman–Crippen LogP) is 2.95. The molecule has 5 nitrogen and oxygen atoms in total. The van der Waals surface area contributed by atoms with Crippen LogP contribution in [0.2, 0.25) is 5.02 Å². The second-order valence-electron chi connectivity index (χ2n) is 7.99. The summed E-state index contributed by atoms with van der Waals surface area (Å²) in [4.78, 5) is 21.5. The summed E-state index contributed by atoms with van der Waals surface area (Å²) in [7, 11) is 0. The number of hydrogen-bond acceptors (Lipinski definition) is 4. The number of nitrogens with zero attached hydrogens (tertiary/aromatic N) is 4. The molecule has 0 atom stereocenters. The molecule has 2 heterocycles. The molecule has 2 aromatic rings. The van der Waals surface area contributed by atoms with Crippen LogP contribution in [0.1, 0.15) is 5.56 Å². The Labute approximate surface area is 182 Å². The molecule has 0 aromatic heterocycles. The van der Waals surface area contributed by atoms with Crippen molar-refractivity contribution in [3.63, 3.8) is 0 Å². The molecule has 30 heavy (non-hydrogen) atoms. The molecule has 7 heteroatoms. The highest BCUT2D eigenvalue weighted by Crippen LogP contribution is 2.21. The lowest BCUT2D eigenvalue weighted by Gasteiger charge is -2.38. The highest BCUT2D eigenvalue weighted by atomic mass is 35.5. The van der Waals surface area contributed by atoms with Crippen LogP contribution >= 0.6 is 11.6 Å². The van der Waals surface area contributed by atoms with Gasteiger partial charge in [0.1, 0.15) is 5.82 Å². The van der Waals surface area contributed by atoms with Crippen molar-refractivity contribution in [3.05, 3.63) is 64.9 Å². The van der Waals surface area contributed by atoms with Gasteiger partial charge in [0.2, 0.25) is 5.91 Å². The molecule has 2 fully saturated rings. The lowest BCUT2D eigenvalue weighted by atomic mass is 10.2. The van der Waals surface area contributed by atoms with Gasteiger partial charge in [0, 0.05) is 75.2 Å². The summed E-state index contributed by atoms with van der Waals surface area (Å²) in [6, 6.07) is 14.8. The Kier molecular flexibility index (Phi) is 6.87. The largest absolute Gasteiger partial charge is 0.369 e. The van der Waals surface area contributed by atoms with Crippen LogP contribution in [0.3, 0.4) is 0 Å². The highest BCUT2D eigenvalue weighted by molar-refractivity contribution is 6.30. The molecule has 0 aliphatic carbocycles. The maximum Gasteiger partial charge on any atom is 0.236 e. The van der Waals surface area contributed by atoms with Gasteiger partial charge in [0.05, 0.1) is 6.54 Å². The molecule has 1 amide bonds. The third-order valence-electron chi connectivity index (χ3n) is 5.98. The molecular formula is C23H28ClFN4O. The Balaban J connectivity index is 1.20. The molecule has 2 aliphatic rings. The molecule has 2 aliphatic heterocycles. The third-order valence-corrected chi connectivity index (χ3v) is 6.22. The van der Waals surface area contributed by atoms with E-state index < -0.39 is 0 Å². The molecule has 0 saturated carbocycles. The van der Waals surface area contributed by atoms with Crippen LogP contribution in [0.5, 0.6) is 0 Å². The van der Waals surface area contributed by atoms with Crippen molar-refractivity contribution in [3.8, 4) is 0 Å². The van der Waals surface area contributed by atoms with E-state index in [1.54, 1.807) is 6.07 Å². The second kappa shape index (κ2) is 9.77. The quantitative estimate of drug-likeness (QED) is 0.729. The van der Waals surface area contributed by atoms with Gasteiger partial charge in [-0.3, -0.25) is 14.6 Å². The maximum absolute atomic E-state index is 13.9. The zero-order valence-corrected chi connectivity index (χ0v) is 17.9. The summed E-state index contributed by atoms with van der Waals surface area (Å²) in [5.41, 5.74) is 1.86. The number of hydrogen-bond donors (Lipinski definition) is 0. The van der Waals surface area contributed by atoms with E-state index in [0.717, 1.165) is 55.5 Å². The number of rotatable bonds is 5. The van der Waals surface area contributed by atoms with Crippen molar-refractivity contribution in [2.75, 3.05) is 63.8 Å². The topological polar surface area (TPSA) is 30.0 Å². The number of piperazine rings is 2. The fourth-order valence-corrected chi connectivity index (χ4v) is 4.34. The predicted molar refractivity (Wildman–Crippen MR) is 118 cm³/mol. The number of benzene rings is 2. The van der Waals surface area contributed by atoms with E-state index in [9.17, 15) is 9.18 Å². The average molecular weight is 431 g/mol. The Hall–Kier alpha value is -2.15. The van der Waals surface area contributed by atoms with Crippen LogP contribution in [-0.2, 0) is 11.3 Å². The summed E-state index contributed by atoms with van der Waals surface area (Å²) in [6.45, 7) is 7.55. The lowest BCUT2D eigenvalue weighted by molar-refractivity contribution is -0.134. The van der Waals surface area contributed by atoms with Gasteiger partial charge in [-0.1, -0.05) is 35.9 Å². The number of anilines is 1. The molecule has 0 N–H and O–H groups in total. The number of halogens is 2. The average Bonchev–Trinajstić information content (AvgIpc) is 2.76. The molecule has 2 aromatic carbocycles. The van der Waals surface area contributed by atoms with Gasteiger partial charge in [0.15, 0.2) is 0 Å². The number of amides is 1. The monoisotopic (exact) mass is 430 g/mol. The second-order valence-corrected chi connectivity index (χ2v) is 8.43. The molecule has 0 radical (unpaired) electrons. The minimum atomic E-state index is -0.159. The van der Waals surface area contributed by atoms with Gasteiger partial charge in [-0.25, -0.2) is 4.39 Å². The molecule has 0 unspecified atom stereocenters. The highest BCUT2D eigenvalue weighted by Gasteiger charge is 2.25. The first-order valence-corrected chi connectivity index (χ1v) is 10.9. The van der Waals surface area contributed by atoms with Crippen molar-refractivity contribution < 1.29 is 9.18 Å². The summed E-state index contributed by atoms with van der Waals surface area (Å²) in [5, 5.41) is 0.749. The van der Waals surface area contributed by atoms with Crippen LogP contribution in [0.15, 0.2) is 48.5 Å². The normalized spacial score (nSPS) is 18.6. The van der Waals surface area contributed by atoms with E-state index >= 15 is 0 Å². The summed E-state index contributed by atoms with van der Waals surface area (Å²) < 4.78 is 13.9. The van der Waals surface area contributed by atoms with Crippen molar-refractivity contribution in [1.82, 2.24) is 14.7 Å². The first-order valence-electron chi connectivity index (χ1n) is 10.5. The minimum absolute atomic E-state index is 0.159. The fraction of sp³-hybridized carbons (Fsp3) is 0.435.